The molecule has 2 aromatic rings. The molecule has 0 N–H and O–H groups in total. The fourth-order valence-corrected chi connectivity index (χ4v) is 2.71. The molecule has 1 atom stereocenters. The SMILES string of the molecule is COC1CCCN(c2nncc(-c3ccc(C(F)(F)F)cc3)n2)C1. The van der Waals surface area contributed by atoms with Crippen LogP contribution in [0.25, 0.3) is 11.3 Å². The van der Waals surface area contributed by atoms with Crippen molar-refractivity contribution in [2.75, 3.05) is 25.1 Å². The number of piperidine rings is 1. The van der Waals surface area contributed by atoms with Gasteiger partial charge in [-0.05, 0) is 25.0 Å². The molecule has 0 bridgehead atoms. The Morgan fingerprint density at radius 1 is 1.21 bits per heavy atom. The summed E-state index contributed by atoms with van der Waals surface area (Å²) in [6, 6.07) is 4.87. The van der Waals surface area contributed by atoms with Gasteiger partial charge in [-0.25, -0.2) is 4.98 Å². The number of alkyl halides is 3. The number of aromatic nitrogens is 3. The molecule has 1 aromatic carbocycles. The molecule has 0 radical (unpaired) electrons. The highest BCUT2D eigenvalue weighted by atomic mass is 19.4. The van der Waals surface area contributed by atoms with Crippen LogP contribution >= 0.6 is 0 Å². The average molecular weight is 338 g/mol. The van der Waals surface area contributed by atoms with Gasteiger partial charge in [-0.15, -0.1) is 5.10 Å². The molecule has 1 saturated heterocycles. The summed E-state index contributed by atoms with van der Waals surface area (Å²) in [6.45, 7) is 1.48. The first-order chi connectivity index (χ1) is 11.5. The lowest BCUT2D eigenvalue weighted by Gasteiger charge is -2.31. The number of nitrogens with zero attached hydrogens (tertiary/aromatic N) is 4. The number of ether oxygens (including phenoxy) is 1. The lowest BCUT2D eigenvalue weighted by atomic mass is 10.1. The fourth-order valence-electron chi connectivity index (χ4n) is 2.71. The van der Waals surface area contributed by atoms with Crippen molar-refractivity contribution >= 4 is 5.95 Å². The summed E-state index contributed by atoms with van der Waals surface area (Å²) in [6.07, 6.45) is -0.830. The molecule has 1 aromatic heterocycles. The maximum atomic E-state index is 12.6. The Morgan fingerprint density at radius 2 is 1.96 bits per heavy atom. The van der Waals surface area contributed by atoms with Crippen LogP contribution in [0.2, 0.25) is 0 Å². The quantitative estimate of drug-likeness (QED) is 0.860. The molecule has 8 heteroatoms. The van der Waals surface area contributed by atoms with E-state index in [1.165, 1.54) is 18.3 Å². The highest BCUT2D eigenvalue weighted by Gasteiger charge is 2.30. The fraction of sp³-hybridized carbons (Fsp3) is 0.438. The molecule has 0 amide bonds. The first kappa shape index (κ1) is 16.6. The number of rotatable bonds is 3. The monoisotopic (exact) mass is 338 g/mol. The standard InChI is InChI=1S/C16H17F3N4O/c1-24-13-3-2-8-23(10-13)15-21-14(9-20-22-15)11-4-6-12(7-5-11)16(17,18)19/h4-7,9,13H,2-3,8,10H2,1H3. The van der Waals surface area contributed by atoms with Gasteiger partial charge in [0.25, 0.3) is 0 Å². The zero-order valence-corrected chi connectivity index (χ0v) is 13.1. The number of hydrogen-bond acceptors (Lipinski definition) is 5. The van der Waals surface area contributed by atoms with Crippen molar-refractivity contribution in [1.29, 1.82) is 0 Å². The van der Waals surface area contributed by atoms with E-state index in [2.05, 4.69) is 15.2 Å². The van der Waals surface area contributed by atoms with Crippen LogP contribution in [0.15, 0.2) is 30.5 Å². The van der Waals surface area contributed by atoms with E-state index in [1.54, 1.807) is 7.11 Å². The molecule has 1 aliphatic rings. The van der Waals surface area contributed by atoms with Gasteiger partial charge in [-0.1, -0.05) is 12.1 Å². The molecular weight excluding hydrogens is 321 g/mol. The first-order valence-corrected chi connectivity index (χ1v) is 7.62. The van der Waals surface area contributed by atoms with E-state index in [0.717, 1.165) is 31.5 Å². The zero-order valence-electron chi connectivity index (χ0n) is 13.1. The summed E-state index contributed by atoms with van der Waals surface area (Å²) in [5, 5.41) is 7.98. The summed E-state index contributed by atoms with van der Waals surface area (Å²) < 4.78 is 43.3. The van der Waals surface area contributed by atoms with Crippen LogP contribution in [0.5, 0.6) is 0 Å². The van der Waals surface area contributed by atoms with Crippen molar-refractivity contribution < 1.29 is 17.9 Å². The molecule has 3 rings (SSSR count). The van der Waals surface area contributed by atoms with Gasteiger partial charge in [0, 0.05) is 25.8 Å². The molecule has 1 unspecified atom stereocenters. The summed E-state index contributed by atoms with van der Waals surface area (Å²) in [4.78, 5) is 6.43. The molecule has 24 heavy (non-hydrogen) atoms. The lowest BCUT2D eigenvalue weighted by Crippen LogP contribution is -2.40. The van der Waals surface area contributed by atoms with Gasteiger partial charge in [-0.2, -0.15) is 18.3 Å². The second-order valence-corrected chi connectivity index (χ2v) is 5.66. The zero-order chi connectivity index (χ0) is 17.2. The second kappa shape index (κ2) is 6.72. The van der Waals surface area contributed by atoms with Gasteiger partial charge >= 0.3 is 6.18 Å². The maximum absolute atomic E-state index is 12.6. The Hall–Kier alpha value is -2.22. The summed E-state index contributed by atoms with van der Waals surface area (Å²) in [5.41, 5.74) is 0.375. The van der Waals surface area contributed by atoms with Crippen molar-refractivity contribution in [2.24, 2.45) is 0 Å². The van der Waals surface area contributed by atoms with Crippen molar-refractivity contribution in [2.45, 2.75) is 25.1 Å². The second-order valence-electron chi connectivity index (χ2n) is 5.66. The number of methoxy groups -OCH3 is 1. The Kier molecular flexibility index (Phi) is 4.66. The minimum Gasteiger partial charge on any atom is -0.380 e. The van der Waals surface area contributed by atoms with Gasteiger partial charge in [0.1, 0.15) is 0 Å². The summed E-state index contributed by atoms with van der Waals surface area (Å²) in [7, 11) is 1.67. The van der Waals surface area contributed by atoms with Gasteiger partial charge < -0.3 is 9.64 Å². The predicted octanol–water partition coefficient (Wildman–Crippen LogP) is 3.17. The van der Waals surface area contributed by atoms with Crippen molar-refractivity contribution in [1.82, 2.24) is 15.2 Å². The molecular formula is C16H17F3N4O. The Labute approximate surface area is 137 Å². The van der Waals surface area contributed by atoms with Crippen LogP contribution in [0.4, 0.5) is 19.1 Å². The Morgan fingerprint density at radius 3 is 2.62 bits per heavy atom. The average Bonchev–Trinajstić information content (AvgIpc) is 2.61. The van der Waals surface area contributed by atoms with Crippen LogP contribution in [-0.4, -0.2) is 41.5 Å². The summed E-state index contributed by atoms with van der Waals surface area (Å²) in [5.74, 6) is 0.467. The van der Waals surface area contributed by atoms with Gasteiger partial charge in [0.15, 0.2) is 0 Å². The molecule has 2 heterocycles. The highest BCUT2D eigenvalue weighted by Crippen LogP contribution is 2.30. The number of halogens is 3. The van der Waals surface area contributed by atoms with Crippen LogP contribution in [0.3, 0.4) is 0 Å². The summed E-state index contributed by atoms with van der Waals surface area (Å²) >= 11 is 0. The molecule has 5 nitrogen and oxygen atoms in total. The Balaban J connectivity index is 1.82. The Bertz CT molecular complexity index is 690. The van der Waals surface area contributed by atoms with E-state index < -0.39 is 11.7 Å². The maximum Gasteiger partial charge on any atom is 0.416 e. The van der Waals surface area contributed by atoms with Crippen molar-refractivity contribution in [3.63, 3.8) is 0 Å². The predicted molar refractivity (Wildman–Crippen MR) is 82.5 cm³/mol. The minimum absolute atomic E-state index is 0.122. The van der Waals surface area contributed by atoms with Crippen LogP contribution in [0.1, 0.15) is 18.4 Å². The molecule has 0 aliphatic carbocycles. The number of hydrogen-bond donors (Lipinski definition) is 0. The van der Waals surface area contributed by atoms with E-state index in [-0.39, 0.29) is 6.10 Å². The van der Waals surface area contributed by atoms with E-state index in [9.17, 15) is 13.2 Å². The smallest absolute Gasteiger partial charge is 0.380 e. The molecule has 0 spiro atoms. The highest BCUT2D eigenvalue weighted by molar-refractivity contribution is 5.59. The van der Waals surface area contributed by atoms with Crippen LogP contribution < -0.4 is 4.90 Å². The first-order valence-electron chi connectivity index (χ1n) is 7.62. The van der Waals surface area contributed by atoms with E-state index in [4.69, 9.17) is 4.74 Å². The van der Waals surface area contributed by atoms with Gasteiger partial charge in [-0.3, -0.25) is 0 Å². The van der Waals surface area contributed by atoms with Crippen LogP contribution in [-0.2, 0) is 10.9 Å². The minimum atomic E-state index is -4.35. The third-order valence-corrected chi connectivity index (χ3v) is 4.05. The number of anilines is 1. The molecule has 1 fully saturated rings. The molecule has 128 valence electrons. The normalized spacial score (nSPS) is 18.7. The van der Waals surface area contributed by atoms with E-state index >= 15 is 0 Å². The molecule has 1 aliphatic heterocycles. The number of benzene rings is 1. The van der Waals surface area contributed by atoms with Crippen LogP contribution in [0, 0.1) is 0 Å². The lowest BCUT2D eigenvalue weighted by molar-refractivity contribution is -0.137. The third-order valence-electron chi connectivity index (χ3n) is 4.05. The largest absolute Gasteiger partial charge is 0.416 e. The molecule has 0 saturated carbocycles. The third kappa shape index (κ3) is 3.64. The van der Waals surface area contributed by atoms with Crippen molar-refractivity contribution in [3.8, 4) is 11.3 Å². The van der Waals surface area contributed by atoms with Gasteiger partial charge in [0.05, 0.1) is 23.6 Å². The van der Waals surface area contributed by atoms with E-state index in [1.807, 2.05) is 4.90 Å². The van der Waals surface area contributed by atoms with Gasteiger partial charge in [0.2, 0.25) is 5.95 Å². The topological polar surface area (TPSA) is 51.1 Å². The van der Waals surface area contributed by atoms with E-state index in [0.29, 0.717) is 23.8 Å². The van der Waals surface area contributed by atoms with Crippen molar-refractivity contribution in [3.05, 3.63) is 36.0 Å².